The van der Waals surface area contributed by atoms with E-state index in [0.29, 0.717) is 0 Å². The molecule has 3 N–H and O–H groups in total. The van der Waals surface area contributed by atoms with Crippen LogP contribution in [-0.4, -0.2) is 21.0 Å². The Morgan fingerprint density at radius 1 is 1.47 bits per heavy atom. The first kappa shape index (κ1) is 16.7. The summed E-state index contributed by atoms with van der Waals surface area (Å²) >= 11 is 5.79. The molecule has 1 fully saturated rings. The third-order valence-electron chi connectivity index (χ3n) is 2.93. The molecule has 108 valence electrons. The molecule has 1 saturated carbocycles. The van der Waals surface area contributed by atoms with Crippen LogP contribution in [0.3, 0.4) is 0 Å². The quantitative estimate of drug-likeness (QED) is 0.867. The summed E-state index contributed by atoms with van der Waals surface area (Å²) in [6, 6.07) is 2.93. The predicted molar refractivity (Wildman–Crippen MR) is 74.5 cm³/mol. The van der Waals surface area contributed by atoms with E-state index < -0.39 is 15.8 Å². The van der Waals surface area contributed by atoms with Crippen molar-refractivity contribution >= 4 is 34.0 Å². The first-order valence-corrected chi connectivity index (χ1v) is 7.47. The summed E-state index contributed by atoms with van der Waals surface area (Å²) in [6.07, 6.45) is 1.92. The predicted octanol–water partition coefficient (Wildman–Crippen LogP) is 1.92. The van der Waals surface area contributed by atoms with Gasteiger partial charge in [-0.05, 0) is 37.0 Å². The molecule has 1 atom stereocenters. The molecular weight excluding hydrogens is 314 g/mol. The second-order valence-corrected chi connectivity index (χ2v) is 6.47. The smallest absolute Gasteiger partial charge is 0.242 e. The van der Waals surface area contributed by atoms with Gasteiger partial charge in [0.05, 0.1) is 5.02 Å². The van der Waals surface area contributed by atoms with Gasteiger partial charge in [-0.3, -0.25) is 0 Å². The fourth-order valence-electron chi connectivity index (χ4n) is 1.78. The lowest BCUT2D eigenvalue weighted by Crippen LogP contribution is -2.41. The zero-order chi connectivity index (χ0) is 13.3. The average Bonchev–Trinajstić information content (AvgIpc) is 3.13. The molecule has 0 spiro atoms. The molecule has 1 aromatic carbocycles. The van der Waals surface area contributed by atoms with Crippen LogP contribution in [0.15, 0.2) is 23.1 Å². The molecular formula is C11H15Cl2FN2O2S. The molecule has 2 rings (SSSR count). The number of sulfonamides is 1. The van der Waals surface area contributed by atoms with Crippen LogP contribution in [0.4, 0.5) is 4.39 Å². The van der Waals surface area contributed by atoms with Crippen LogP contribution in [0.1, 0.15) is 12.8 Å². The number of benzene rings is 1. The standard InChI is InChI=1S/C11H14ClFN2O2S.ClH/c12-9-4-3-8(13)5-11(9)18(16,17)15-10(6-14)7-1-2-7;/h3-5,7,10,15H,1-2,6,14H2;1H. The molecule has 0 aromatic heterocycles. The average molecular weight is 329 g/mol. The minimum Gasteiger partial charge on any atom is -0.329 e. The van der Waals surface area contributed by atoms with Crippen LogP contribution in [0, 0.1) is 11.7 Å². The van der Waals surface area contributed by atoms with Gasteiger partial charge in [-0.15, -0.1) is 12.4 Å². The van der Waals surface area contributed by atoms with Crippen molar-refractivity contribution < 1.29 is 12.8 Å². The summed E-state index contributed by atoms with van der Waals surface area (Å²) in [6.45, 7) is 0.219. The Bertz CT molecular complexity index is 550. The van der Waals surface area contributed by atoms with E-state index in [0.717, 1.165) is 25.0 Å². The fourth-order valence-corrected chi connectivity index (χ4v) is 3.61. The van der Waals surface area contributed by atoms with E-state index >= 15 is 0 Å². The first-order chi connectivity index (χ1) is 8.44. The van der Waals surface area contributed by atoms with Crippen molar-refractivity contribution in [1.29, 1.82) is 0 Å². The molecule has 0 radical (unpaired) electrons. The molecule has 0 bridgehead atoms. The van der Waals surface area contributed by atoms with E-state index in [9.17, 15) is 12.8 Å². The van der Waals surface area contributed by atoms with Gasteiger partial charge in [0.25, 0.3) is 0 Å². The van der Waals surface area contributed by atoms with E-state index in [1.54, 1.807) is 0 Å². The maximum Gasteiger partial charge on any atom is 0.242 e. The summed E-state index contributed by atoms with van der Waals surface area (Å²) in [7, 11) is -3.83. The van der Waals surface area contributed by atoms with Gasteiger partial charge in [0.2, 0.25) is 10.0 Å². The second kappa shape index (κ2) is 6.37. The minimum absolute atomic E-state index is 0. The SMILES string of the molecule is Cl.NCC(NS(=O)(=O)c1cc(F)ccc1Cl)C1CC1. The Morgan fingerprint density at radius 2 is 2.11 bits per heavy atom. The molecule has 0 aliphatic heterocycles. The van der Waals surface area contributed by atoms with Crippen LogP contribution in [-0.2, 0) is 10.0 Å². The highest BCUT2D eigenvalue weighted by Crippen LogP contribution is 2.33. The van der Waals surface area contributed by atoms with E-state index in [1.165, 1.54) is 6.07 Å². The normalized spacial score (nSPS) is 16.8. The highest BCUT2D eigenvalue weighted by molar-refractivity contribution is 7.89. The van der Waals surface area contributed by atoms with Gasteiger partial charge in [-0.1, -0.05) is 11.6 Å². The van der Waals surface area contributed by atoms with E-state index in [2.05, 4.69) is 4.72 Å². The Kier molecular flexibility index (Phi) is 5.58. The van der Waals surface area contributed by atoms with Crippen molar-refractivity contribution in [3.63, 3.8) is 0 Å². The van der Waals surface area contributed by atoms with Crippen LogP contribution >= 0.6 is 24.0 Å². The van der Waals surface area contributed by atoms with Crippen molar-refractivity contribution in [3.05, 3.63) is 29.0 Å². The summed E-state index contributed by atoms with van der Waals surface area (Å²) in [5, 5.41) is -0.00420. The maximum atomic E-state index is 13.1. The molecule has 4 nitrogen and oxygen atoms in total. The lowest BCUT2D eigenvalue weighted by molar-refractivity contribution is 0.518. The maximum absolute atomic E-state index is 13.1. The van der Waals surface area contributed by atoms with Gasteiger partial charge in [-0.25, -0.2) is 17.5 Å². The molecule has 1 unspecified atom stereocenters. The monoisotopic (exact) mass is 328 g/mol. The van der Waals surface area contributed by atoms with Crippen LogP contribution in [0.5, 0.6) is 0 Å². The topological polar surface area (TPSA) is 72.2 Å². The van der Waals surface area contributed by atoms with Gasteiger partial charge < -0.3 is 5.73 Å². The van der Waals surface area contributed by atoms with Gasteiger partial charge >= 0.3 is 0 Å². The van der Waals surface area contributed by atoms with Crippen LogP contribution in [0.25, 0.3) is 0 Å². The van der Waals surface area contributed by atoms with Crippen molar-refractivity contribution in [2.45, 2.75) is 23.8 Å². The van der Waals surface area contributed by atoms with E-state index in [4.69, 9.17) is 17.3 Å². The molecule has 0 heterocycles. The van der Waals surface area contributed by atoms with Gasteiger partial charge in [0.15, 0.2) is 0 Å². The van der Waals surface area contributed by atoms with Crippen molar-refractivity contribution in [1.82, 2.24) is 4.72 Å². The first-order valence-electron chi connectivity index (χ1n) is 5.61. The Hall–Kier alpha value is -0.400. The Labute approximate surface area is 123 Å². The summed E-state index contributed by atoms with van der Waals surface area (Å²) < 4.78 is 39.8. The van der Waals surface area contributed by atoms with Gasteiger partial charge in [-0.2, -0.15) is 0 Å². The summed E-state index contributed by atoms with van der Waals surface area (Å²) in [5.41, 5.74) is 5.53. The molecule has 19 heavy (non-hydrogen) atoms. The third-order valence-corrected chi connectivity index (χ3v) is 4.91. The largest absolute Gasteiger partial charge is 0.329 e. The fraction of sp³-hybridized carbons (Fsp3) is 0.455. The van der Waals surface area contributed by atoms with Crippen molar-refractivity contribution in [2.75, 3.05) is 6.54 Å². The highest BCUT2D eigenvalue weighted by Gasteiger charge is 2.34. The number of nitrogens with one attached hydrogen (secondary N) is 1. The number of hydrogen-bond donors (Lipinski definition) is 2. The minimum atomic E-state index is -3.83. The summed E-state index contributed by atoms with van der Waals surface area (Å²) in [5.74, 6) is -0.368. The number of hydrogen-bond acceptors (Lipinski definition) is 3. The van der Waals surface area contributed by atoms with Gasteiger partial charge in [0.1, 0.15) is 10.7 Å². The second-order valence-electron chi connectivity index (χ2n) is 4.38. The molecule has 0 amide bonds. The zero-order valence-electron chi connectivity index (χ0n) is 9.97. The van der Waals surface area contributed by atoms with Gasteiger partial charge in [0, 0.05) is 12.6 Å². The number of halogens is 3. The molecule has 1 aromatic rings. The lowest BCUT2D eigenvalue weighted by atomic mass is 10.2. The van der Waals surface area contributed by atoms with E-state index in [1.807, 2.05) is 0 Å². The Morgan fingerprint density at radius 3 is 2.63 bits per heavy atom. The molecule has 0 saturated heterocycles. The summed E-state index contributed by atoms with van der Waals surface area (Å²) in [4.78, 5) is -0.247. The third kappa shape index (κ3) is 4.03. The number of nitrogens with two attached hydrogens (primary N) is 1. The molecule has 1 aliphatic rings. The zero-order valence-corrected chi connectivity index (χ0v) is 12.4. The van der Waals surface area contributed by atoms with Crippen molar-refractivity contribution in [2.24, 2.45) is 11.7 Å². The lowest BCUT2D eigenvalue weighted by Gasteiger charge is -2.16. The number of rotatable bonds is 5. The van der Waals surface area contributed by atoms with Crippen LogP contribution < -0.4 is 10.5 Å². The molecule has 1 aliphatic carbocycles. The highest BCUT2D eigenvalue weighted by atomic mass is 35.5. The van der Waals surface area contributed by atoms with Crippen LogP contribution in [0.2, 0.25) is 5.02 Å². The Balaban J connectivity index is 0.00000180. The van der Waals surface area contributed by atoms with E-state index in [-0.39, 0.29) is 40.8 Å². The van der Waals surface area contributed by atoms with Crippen molar-refractivity contribution in [3.8, 4) is 0 Å². The molecule has 8 heteroatoms.